The van der Waals surface area contributed by atoms with Crippen molar-refractivity contribution >= 4 is 17.7 Å². The van der Waals surface area contributed by atoms with Gasteiger partial charge < -0.3 is 10.6 Å². The van der Waals surface area contributed by atoms with Crippen molar-refractivity contribution in [3.8, 4) is 11.8 Å². The molecule has 3 fully saturated rings. The largest absolute Gasteiger partial charge is 0.328 e. The van der Waals surface area contributed by atoms with Gasteiger partial charge in [-0.3, -0.25) is 29.5 Å². The maximum absolute atomic E-state index is 12.9. The molecule has 3 saturated heterocycles. The number of fused-ring (bicyclic) bond motifs is 1. The third-order valence-electron chi connectivity index (χ3n) is 7.39. The van der Waals surface area contributed by atoms with Gasteiger partial charge in [0.05, 0.1) is 0 Å². The normalized spacial score (nSPS) is 24.8. The average molecular weight is 450 g/mol. The molecule has 0 radical (unpaired) electrons. The van der Waals surface area contributed by atoms with Gasteiger partial charge >= 0.3 is 0 Å². The molecule has 0 aromatic heterocycles. The molecule has 0 spiro atoms. The molecule has 1 aromatic carbocycles. The Labute approximate surface area is 194 Å². The molecule has 3 amide bonds. The van der Waals surface area contributed by atoms with Crippen molar-refractivity contribution in [3.63, 3.8) is 0 Å². The first-order valence-electron chi connectivity index (χ1n) is 12.0. The maximum atomic E-state index is 12.9. The smallest absolute Gasteiger partial charge is 0.255 e. The van der Waals surface area contributed by atoms with Gasteiger partial charge in [-0.1, -0.05) is 17.9 Å². The predicted molar refractivity (Wildman–Crippen MR) is 123 cm³/mol. The van der Waals surface area contributed by atoms with Crippen LogP contribution in [0, 0.1) is 11.8 Å². The zero-order valence-electron chi connectivity index (χ0n) is 18.9. The number of likely N-dealkylation sites (tertiary alicyclic amines) is 2. The van der Waals surface area contributed by atoms with Gasteiger partial charge in [-0.15, -0.1) is 0 Å². The lowest BCUT2D eigenvalue weighted by molar-refractivity contribution is -0.136. The van der Waals surface area contributed by atoms with Crippen molar-refractivity contribution in [3.05, 3.63) is 34.9 Å². The molecule has 0 aliphatic carbocycles. The van der Waals surface area contributed by atoms with Crippen LogP contribution in [0.1, 0.15) is 53.6 Å². The molecule has 1 unspecified atom stereocenters. The monoisotopic (exact) mass is 449 g/mol. The van der Waals surface area contributed by atoms with Gasteiger partial charge in [0.2, 0.25) is 11.8 Å². The first-order valence-corrected chi connectivity index (χ1v) is 12.0. The van der Waals surface area contributed by atoms with Gasteiger partial charge in [-0.05, 0) is 37.0 Å². The topological polar surface area (TPSA) is 99.0 Å². The number of benzene rings is 1. The van der Waals surface area contributed by atoms with Gasteiger partial charge in [0, 0.05) is 75.3 Å². The third-order valence-corrected chi connectivity index (χ3v) is 7.39. The van der Waals surface area contributed by atoms with E-state index in [0.717, 1.165) is 63.1 Å². The number of nitrogens with two attached hydrogens (primary N) is 1. The Morgan fingerprint density at radius 1 is 1.09 bits per heavy atom. The highest BCUT2D eigenvalue weighted by atomic mass is 16.2. The zero-order chi connectivity index (χ0) is 22.9. The number of carbonyl (C=O) groups excluding carboxylic acids is 3. The number of piperidine rings is 2. The summed E-state index contributed by atoms with van der Waals surface area (Å²) >= 11 is 0. The molecule has 5 rings (SSSR count). The van der Waals surface area contributed by atoms with Crippen LogP contribution in [0.15, 0.2) is 18.2 Å². The van der Waals surface area contributed by atoms with Crippen LogP contribution in [0.4, 0.5) is 0 Å². The van der Waals surface area contributed by atoms with E-state index in [1.165, 1.54) is 0 Å². The van der Waals surface area contributed by atoms with Crippen molar-refractivity contribution in [2.24, 2.45) is 5.73 Å². The molecule has 8 heteroatoms. The Morgan fingerprint density at radius 3 is 2.64 bits per heavy atom. The summed E-state index contributed by atoms with van der Waals surface area (Å²) in [6, 6.07) is 6.01. The fourth-order valence-electron chi connectivity index (χ4n) is 5.32. The van der Waals surface area contributed by atoms with Crippen molar-refractivity contribution in [2.45, 2.75) is 56.8 Å². The molecule has 4 heterocycles. The fourth-order valence-corrected chi connectivity index (χ4v) is 5.32. The minimum absolute atomic E-state index is 0.159. The van der Waals surface area contributed by atoms with Gasteiger partial charge in [0.25, 0.3) is 5.91 Å². The number of nitrogens with one attached hydrogen (secondary N) is 1. The molecule has 1 atom stereocenters. The van der Waals surface area contributed by atoms with Crippen LogP contribution in [0.2, 0.25) is 0 Å². The lowest BCUT2D eigenvalue weighted by Gasteiger charge is -2.47. The summed E-state index contributed by atoms with van der Waals surface area (Å²) < 4.78 is 0. The van der Waals surface area contributed by atoms with Crippen molar-refractivity contribution in [1.29, 1.82) is 0 Å². The Balaban J connectivity index is 1.15. The number of rotatable bonds is 4. The summed E-state index contributed by atoms with van der Waals surface area (Å²) in [6.07, 6.45) is 3.62. The number of hydrogen-bond acceptors (Lipinski definition) is 6. The van der Waals surface area contributed by atoms with E-state index in [2.05, 4.69) is 27.0 Å². The number of hydrogen-bond donors (Lipinski definition) is 2. The van der Waals surface area contributed by atoms with Crippen LogP contribution >= 0.6 is 0 Å². The highest BCUT2D eigenvalue weighted by Crippen LogP contribution is 2.29. The molecule has 4 aliphatic heterocycles. The highest BCUT2D eigenvalue weighted by molar-refractivity contribution is 6.05. The van der Waals surface area contributed by atoms with Gasteiger partial charge in [-0.2, -0.15) is 0 Å². The molecule has 8 nitrogen and oxygen atoms in total. The zero-order valence-corrected chi connectivity index (χ0v) is 18.9. The van der Waals surface area contributed by atoms with Crippen molar-refractivity contribution in [2.75, 3.05) is 32.7 Å². The second kappa shape index (κ2) is 9.26. The summed E-state index contributed by atoms with van der Waals surface area (Å²) in [5.41, 5.74) is 8.35. The van der Waals surface area contributed by atoms with E-state index in [1.807, 2.05) is 12.1 Å². The minimum atomic E-state index is -0.599. The van der Waals surface area contributed by atoms with Crippen LogP contribution in [0.3, 0.4) is 0 Å². The molecule has 33 heavy (non-hydrogen) atoms. The predicted octanol–water partition coefficient (Wildman–Crippen LogP) is 0.297. The molecule has 174 valence electrons. The first kappa shape index (κ1) is 22.1. The van der Waals surface area contributed by atoms with Crippen LogP contribution < -0.4 is 11.1 Å². The number of nitrogens with zero attached hydrogens (tertiary/aromatic N) is 3. The Bertz CT molecular complexity index is 1010. The highest BCUT2D eigenvalue weighted by Gasteiger charge is 2.39. The van der Waals surface area contributed by atoms with Crippen molar-refractivity contribution in [1.82, 2.24) is 20.0 Å². The van der Waals surface area contributed by atoms with E-state index in [0.29, 0.717) is 30.6 Å². The standard InChI is InChI=1S/C25H31N5O3/c26-18-9-12-29(13-10-18)19-14-28(15-19)11-2-1-4-17-5-3-6-20-21(17)16-30(25(20)33)22-7-8-23(31)27-24(22)32/h3,5-6,18-19,22H,2,7-16,26H2,(H,27,31,32). The molecule has 3 N–H and O–H groups in total. The summed E-state index contributed by atoms with van der Waals surface area (Å²) in [4.78, 5) is 43.2. The molecular formula is C25H31N5O3. The second-order valence-corrected chi connectivity index (χ2v) is 9.57. The minimum Gasteiger partial charge on any atom is -0.328 e. The SMILES string of the molecule is NC1CCN(C2CN(CCC#Cc3cccc4c3CN(C3CCC(=O)NC3=O)C4=O)C2)CC1. The van der Waals surface area contributed by atoms with E-state index >= 15 is 0 Å². The number of imide groups is 1. The maximum Gasteiger partial charge on any atom is 0.255 e. The van der Waals surface area contributed by atoms with Crippen LogP contribution in [0.5, 0.6) is 0 Å². The van der Waals surface area contributed by atoms with E-state index in [1.54, 1.807) is 11.0 Å². The lowest BCUT2D eigenvalue weighted by atomic mass is 10.00. The van der Waals surface area contributed by atoms with Crippen molar-refractivity contribution < 1.29 is 14.4 Å². The van der Waals surface area contributed by atoms with E-state index in [4.69, 9.17) is 5.73 Å². The van der Waals surface area contributed by atoms with Crippen LogP contribution in [0.25, 0.3) is 0 Å². The Kier molecular flexibility index (Phi) is 6.19. The number of carbonyl (C=O) groups is 3. The first-order chi connectivity index (χ1) is 16.0. The number of amides is 3. The second-order valence-electron chi connectivity index (χ2n) is 9.57. The van der Waals surface area contributed by atoms with Gasteiger partial charge in [-0.25, -0.2) is 0 Å². The van der Waals surface area contributed by atoms with Gasteiger partial charge in [0.1, 0.15) is 6.04 Å². The molecule has 0 saturated carbocycles. The summed E-state index contributed by atoms with van der Waals surface area (Å²) in [7, 11) is 0. The lowest BCUT2D eigenvalue weighted by Crippen LogP contribution is -2.61. The van der Waals surface area contributed by atoms with Crippen LogP contribution in [-0.4, -0.2) is 83.3 Å². The fraction of sp³-hybridized carbons (Fsp3) is 0.560. The molecule has 0 bridgehead atoms. The average Bonchev–Trinajstić information content (AvgIpc) is 3.10. The summed E-state index contributed by atoms with van der Waals surface area (Å²) in [6.45, 7) is 5.76. The third kappa shape index (κ3) is 4.54. The quantitative estimate of drug-likeness (QED) is 0.507. The Morgan fingerprint density at radius 2 is 1.88 bits per heavy atom. The molecule has 4 aliphatic rings. The van der Waals surface area contributed by atoms with Crippen LogP contribution in [-0.2, 0) is 16.1 Å². The molecular weight excluding hydrogens is 418 g/mol. The van der Waals surface area contributed by atoms with E-state index in [9.17, 15) is 14.4 Å². The van der Waals surface area contributed by atoms with E-state index in [-0.39, 0.29) is 24.1 Å². The Hall–Kier alpha value is -2.73. The van der Waals surface area contributed by atoms with Gasteiger partial charge in [0.15, 0.2) is 0 Å². The summed E-state index contributed by atoms with van der Waals surface area (Å²) in [5.74, 6) is 5.71. The summed E-state index contributed by atoms with van der Waals surface area (Å²) in [5, 5.41) is 2.34. The molecule has 1 aromatic rings. The van der Waals surface area contributed by atoms with E-state index < -0.39 is 6.04 Å².